The molecule has 1 aromatic rings. The van der Waals surface area contributed by atoms with Gasteiger partial charge in [-0.05, 0) is 50.9 Å². The van der Waals surface area contributed by atoms with Gasteiger partial charge in [0.1, 0.15) is 30.2 Å². The lowest BCUT2D eigenvalue weighted by Gasteiger charge is -2.28. The Kier molecular flexibility index (Phi) is 23.2. The second kappa shape index (κ2) is 26.8. The minimum atomic E-state index is -1.78. The maximum absolute atomic E-state index is 14.0. The molecular weight excluding hydrogens is 818 g/mol. The van der Waals surface area contributed by atoms with Crippen molar-refractivity contribution < 1.29 is 58.5 Å². The number of nitrogens with one attached hydrogen (secondary N) is 7. The van der Waals surface area contributed by atoms with Gasteiger partial charge in [-0.15, -0.1) is 0 Å². The first-order chi connectivity index (χ1) is 28.9. The van der Waals surface area contributed by atoms with Crippen LogP contribution in [0.5, 0.6) is 0 Å². The van der Waals surface area contributed by atoms with Crippen molar-refractivity contribution in [2.75, 3.05) is 6.54 Å². The minimum absolute atomic E-state index is 0.0432. The fourth-order valence-electron chi connectivity index (χ4n) is 5.83. The van der Waals surface area contributed by atoms with Crippen LogP contribution in [0.15, 0.2) is 17.5 Å². The van der Waals surface area contributed by atoms with Crippen LogP contribution in [-0.4, -0.2) is 139 Å². The Bertz CT molecular complexity index is 1720. The number of nitrogens with zero attached hydrogens (tertiary/aromatic N) is 2. The molecule has 348 valence electrons. The fourth-order valence-corrected chi connectivity index (χ4v) is 5.83. The molecule has 1 aromatic heterocycles. The predicted octanol–water partition coefficient (Wildman–Crippen LogP) is -4.46. The number of aromatic amines is 1. The van der Waals surface area contributed by atoms with Crippen molar-refractivity contribution in [1.82, 2.24) is 41.9 Å². The molecule has 18 N–H and O–H groups in total. The van der Waals surface area contributed by atoms with Crippen LogP contribution >= 0.6 is 0 Å². The maximum atomic E-state index is 14.0. The zero-order valence-corrected chi connectivity index (χ0v) is 35.5. The number of aliphatic carboxylic acids is 2. The number of carbonyl (C=O) groups excluding carboxylic acids is 7. The van der Waals surface area contributed by atoms with E-state index in [0.717, 1.165) is 6.92 Å². The van der Waals surface area contributed by atoms with Gasteiger partial charge >= 0.3 is 11.9 Å². The number of carbonyl (C=O) groups is 9. The summed E-state index contributed by atoms with van der Waals surface area (Å²) in [5.41, 5.74) is 22.2. The standard InChI is InChI=1S/C37H63N13O12/c1-17(2)11-23(46-30(55)21(38)7-6-10-43-37(40)41)33(58)49-26(14-28(53)54)35(60)48-25(13-20-15-42-16-44-20)34(59)47-24(12-18(3)4)32(57)45-22(8-9-27(39)52)31(56)50-29(19(5)51)36(61)62/h15-19,21-26,29,51H,6-14,38H2,1-5H3,(H2,39,52)(H,42,44)(H,45,57)(H,46,55)(H,47,59)(H,48,60)(H,49,58)(H,50,56)(H,53,54)(H,61,62)(H4,40,41,43)/t19-,21+,22+,23+,24+,25+,26+,29+/m1/s1. The Morgan fingerprint density at radius 3 is 1.65 bits per heavy atom. The third-order valence-corrected chi connectivity index (χ3v) is 8.97. The second-order valence-electron chi connectivity index (χ2n) is 15.6. The lowest BCUT2D eigenvalue weighted by atomic mass is 10.0. The Morgan fingerprint density at radius 1 is 0.694 bits per heavy atom. The van der Waals surface area contributed by atoms with E-state index in [1.807, 2.05) is 0 Å². The van der Waals surface area contributed by atoms with Gasteiger partial charge in [0.2, 0.25) is 41.4 Å². The van der Waals surface area contributed by atoms with Gasteiger partial charge in [-0.1, -0.05) is 27.7 Å². The summed E-state index contributed by atoms with van der Waals surface area (Å²) in [7, 11) is 0. The van der Waals surface area contributed by atoms with E-state index in [9.17, 15) is 58.5 Å². The summed E-state index contributed by atoms with van der Waals surface area (Å²) in [4.78, 5) is 127. The minimum Gasteiger partial charge on any atom is -0.481 e. The SMILES string of the molecule is CC(C)C[C@H](NC(=O)[C@H](Cc1cnc[nH]1)NC(=O)[C@H](CC(=O)O)NC(=O)[C@H](CC(C)C)NC(=O)[C@@H](N)CCCN=C(N)N)C(=O)N[C@@H](CCC(N)=O)C(=O)N[C@H](C(=O)O)[C@@H](C)O. The van der Waals surface area contributed by atoms with Gasteiger partial charge in [-0.25, -0.2) is 9.78 Å². The predicted molar refractivity (Wildman–Crippen MR) is 221 cm³/mol. The molecule has 0 saturated heterocycles. The largest absolute Gasteiger partial charge is 0.481 e. The van der Waals surface area contributed by atoms with E-state index in [4.69, 9.17) is 22.9 Å². The van der Waals surface area contributed by atoms with E-state index >= 15 is 0 Å². The number of primary amides is 1. The third-order valence-electron chi connectivity index (χ3n) is 8.97. The first-order valence-electron chi connectivity index (χ1n) is 19.9. The number of carboxylic acids is 2. The van der Waals surface area contributed by atoms with Gasteiger partial charge in [0, 0.05) is 31.3 Å². The summed E-state index contributed by atoms with van der Waals surface area (Å²) in [6.45, 7) is 8.27. The van der Waals surface area contributed by atoms with E-state index in [1.165, 1.54) is 12.5 Å². The highest BCUT2D eigenvalue weighted by atomic mass is 16.4. The number of hydrogen-bond donors (Lipinski definition) is 14. The number of aliphatic hydroxyl groups excluding tert-OH is 1. The maximum Gasteiger partial charge on any atom is 0.328 e. The number of aliphatic imine (C=N–C) groups is 1. The zero-order chi connectivity index (χ0) is 47.3. The number of nitrogens with two attached hydrogens (primary N) is 4. The molecule has 1 rings (SSSR count). The molecule has 0 spiro atoms. The van der Waals surface area contributed by atoms with E-state index in [1.54, 1.807) is 27.7 Å². The van der Waals surface area contributed by atoms with Crippen LogP contribution in [0.25, 0.3) is 0 Å². The highest BCUT2D eigenvalue weighted by Crippen LogP contribution is 2.11. The summed E-state index contributed by atoms with van der Waals surface area (Å²) < 4.78 is 0. The number of aliphatic hydroxyl groups is 1. The number of amides is 7. The molecule has 0 aliphatic heterocycles. The number of imidazole rings is 1. The van der Waals surface area contributed by atoms with Crippen molar-refractivity contribution >= 4 is 59.2 Å². The quantitative estimate of drug-likeness (QED) is 0.0205. The Morgan fingerprint density at radius 2 is 1.18 bits per heavy atom. The molecule has 25 heteroatoms. The molecule has 8 atom stereocenters. The van der Waals surface area contributed by atoms with Gasteiger partial charge in [-0.2, -0.15) is 0 Å². The molecule has 0 radical (unpaired) electrons. The summed E-state index contributed by atoms with van der Waals surface area (Å²) in [6.07, 6.45) is -0.431. The van der Waals surface area contributed by atoms with Crippen molar-refractivity contribution in [2.24, 2.45) is 39.8 Å². The molecule has 0 bridgehead atoms. The first kappa shape index (κ1) is 53.6. The fraction of sp³-hybridized carbons (Fsp3) is 0.649. The first-order valence-corrected chi connectivity index (χ1v) is 19.9. The monoisotopic (exact) mass is 881 g/mol. The van der Waals surface area contributed by atoms with E-state index in [-0.39, 0.29) is 56.4 Å². The average Bonchev–Trinajstić information content (AvgIpc) is 3.67. The molecule has 0 aromatic carbocycles. The van der Waals surface area contributed by atoms with Crippen LogP contribution in [0, 0.1) is 11.8 Å². The highest BCUT2D eigenvalue weighted by molar-refractivity contribution is 5.98. The van der Waals surface area contributed by atoms with Gasteiger partial charge in [-0.3, -0.25) is 43.3 Å². The summed E-state index contributed by atoms with van der Waals surface area (Å²) in [5, 5.41) is 43.4. The topological polar surface area (TPSA) is 432 Å². The van der Waals surface area contributed by atoms with Gasteiger partial charge in [0.25, 0.3) is 0 Å². The number of carboxylic acid groups (broad SMARTS) is 2. The molecule has 1 heterocycles. The van der Waals surface area contributed by atoms with E-state index in [0.29, 0.717) is 12.1 Å². The second-order valence-corrected chi connectivity index (χ2v) is 15.6. The summed E-state index contributed by atoms with van der Waals surface area (Å²) >= 11 is 0. The molecule has 0 unspecified atom stereocenters. The smallest absolute Gasteiger partial charge is 0.328 e. The Balaban J connectivity index is 3.40. The number of aromatic nitrogens is 2. The van der Waals surface area contributed by atoms with Gasteiger partial charge in [0.15, 0.2) is 12.0 Å². The summed E-state index contributed by atoms with van der Waals surface area (Å²) in [5.74, 6) is -10.2. The van der Waals surface area contributed by atoms with Crippen LogP contribution < -0.4 is 54.8 Å². The summed E-state index contributed by atoms with van der Waals surface area (Å²) in [6, 6.07) is -10.4. The van der Waals surface area contributed by atoms with Crippen molar-refractivity contribution in [3.05, 3.63) is 18.2 Å². The Labute approximate surface area is 358 Å². The molecule has 0 fully saturated rings. The van der Waals surface area contributed by atoms with Crippen LogP contribution in [0.2, 0.25) is 0 Å². The van der Waals surface area contributed by atoms with Gasteiger partial charge < -0.3 is 75.1 Å². The van der Waals surface area contributed by atoms with Crippen molar-refractivity contribution in [3.8, 4) is 0 Å². The average molecular weight is 882 g/mol. The van der Waals surface area contributed by atoms with Crippen molar-refractivity contribution in [3.63, 3.8) is 0 Å². The van der Waals surface area contributed by atoms with E-state index < -0.39 is 115 Å². The van der Waals surface area contributed by atoms with Crippen LogP contribution in [0.3, 0.4) is 0 Å². The number of rotatable bonds is 29. The molecule has 0 aliphatic rings. The van der Waals surface area contributed by atoms with Crippen LogP contribution in [0.1, 0.15) is 85.3 Å². The Hall–Kier alpha value is -6.37. The normalized spacial score (nSPS) is 15.0. The molecule has 0 saturated carbocycles. The highest BCUT2D eigenvalue weighted by Gasteiger charge is 2.35. The number of H-pyrrole nitrogens is 1. The molecular formula is C37H63N13O12. The number of hydrogen-bond acceptors (Lipinski definition) is 13. The molecule has 7 amide bonds. The lowest BCUT2D eigenvalue weighted by molar-refractivity contribution is -0.145. The molecule has 25 nitrogen and oxygen atoms in total. The van der Waals surface area contributed by atoms with Crippen molar-refractivity contribution in [2.45, 2.75) is 134 Å². The third kappa shape index (κ3) is 20.7. The van der Waals surface area contributed by atoms with Gasteiger partial charge in [0.05, 0.1) is 24.9 Å². The van der Waals surface area contributed by atoms with E-state index in [2.05, 4.69) is 46.9 Å². The van der Waals surface area contributed by atoms with Crippen molar-refractivity contribution in [1.29, 1.82) is 0 Å². The zero-order valence-electron chi connectivity index (χ0n) is 35.5. The molecule has 0 aliphatic carbocycles. The van der Waals surface area contributed by atoms with Crippen LogP contribution in [-0.2, 0) is 49.6 Å². The van der Waals surface area contributed by atoms with Crippen LogP contribution in [0.4, 0.5) is 0 Å². The molecule has 62 heavy (non-hydrogen) atoms. The lowest BCUT2D eigenvalue weighted by Crippen LogP contribution is -2.60. The number of guanidine groups is 1.